The summed E-state index contributed by atoms with van der Waals surface area (Å²) < 4.78 is 15.5. The Bertz CT molecular complexity index is 349. The van der Waals surface area contributed by atoms with Crippen LogP contribution >= 0.6 is 19.2 Å². The number of rotatable bonds is 4. The summed E-state index contributed by atoms with van der Waals surface area (Å²) in [4.78, 5) is 17.2. The Kier molecular flexibility index (Phi) is 3.96. The van der Waals surface area contributed by atoms with Gasteiger partial charge in [0.1, 0.15) is 5.75 Å². The van der Waals surface area contributed by atoms with Crippen LogP contribution in [0.3, 0.4) is 0 Å². The van der Waals surface area contributed by atoms with Crippen molar-refractivity contribution >= 4 is 19.2 Å². The molecule has 78 valence electrons. The SMILES string of the molecule is O=P(O)(O)COc1ccccc1CCl. The standard InChI is InChI=1S/C8H10ClO4P/c9-5-7-3-1-2-4-8(7)13-6-14(10,11)12/h1-4H,5-6H2,(H2,10,11,12). The van der Waals surface area contributed by atoms with Crippen LogP contribution in [0.15, 0.2) is 24.3 Å². The summed E-state index contributed by atoms with van der Waals surface area (Å²) in [6, 6.07) is 6.85. The van der Waals surface area contributed by atoms with Crippen molar-refractivity contribution in [3.05, 3.63) is 29.8 Å². The normalized spacial score (nSPS) is 11.4. The van der Waals surface area contributed by atoms with E-state index in [4.69, 9.17) is 26.1 Å². The molecule has 0 unspecified atom stereocenters. The van der Waals surface area contributed by atoms with Crippen molar-refractivity contribution in [3.63, 3.8) is 0 Å². The second kappa shape index (κ2) is 4.80. The summed E-state index contributed by atoms with van der Waals surface area (Å²) in [5.74, 6) is 0.656. The van der Waals surface area contributed by atoms with E-state index in [1.165, 1.54) is 0 Å². The molecule has 0 aromatic heterocycles. The molecule has 0 atom stereocenters. The highest BCUT2D eigenvalue weighted by Crippen LogP contribution is 2.35. The predicted octanol–water partition coefficient (Wildman–Crippen LogP) is 1.94. The molecule has 0 aliphatic heterocycles. The van der Waals surface area contributed by atoms with Crippen molar-refractivity contribution in [3.8, 4) is 5.75 Å². The van der Waals surface area contributed by atoms with E-state index in [-0.39, 0.29) is 5.88 Å². The van der Waals surface area contributed by atoms with Gasteiger partial charge in [-0.3, -0.25) is 4.57 Å². The summed E-state index contributed by atoms with van der Waals surface area (Å²) in [6.45, 7) is 0. The Morgan fingerprint density at radius 3 is 2.57 bits per heavy atom. The molecule has 0 amide bonds. The summed E-state index contributed by atoms with van der Waals surface area (Å²) >= 11 is 5.61. The second-order valence-corrected chi connectivity index (χ2v) is 4.53. The van der Waals surface area contributed by atoms with E-state index < -0.39 is 13.9 Å². The van der Waals surface area contributed by atoms with E-state index in [2.05, 4.69) is 0 Å². The summed E-state index contributed by atoms with van der Waals surface area (Å²) in [6.07, 6.45) is -0.624. The van der Waals surface area contributed by atoms with Gasteiger partial charge in [-0.05, 0) is 6.07 Å². The van der Waals surface area contributed by atoms with Gasteiger partial charge in [0.2, 0.25) is 0 Å². The lowest BCUT2D eigenvalue weighted by atomic mass is 10.2. The molecule has 0 saturated heterocycles. The molecular formula is C8H10ClO4P. The molecule has 0 aliphatic carbocycles. The Morgan fingerprint density at radius 1 is 1.36 bits per heavy atom. The third-order valence-electron chi connectivity index (χ3n) is 1.50. The number of halogens is 1. The fourth-order valence-electron chi connectivity index (χ4n) is 0.909. The molecule has 0 spiro atoms. The molecule has 0 aliphatic rings. The highest BCUT2D eigenvalue weighted by Gasteiger charge is 2.14. The number of alkyl halides is 1. The molecule has 0 radical (unpaired) electrons. The molecule has 4 nitrogen and oxygen atoms in total. The summed E-state index contributed by atoms with van der Waals surface area (Å²) in [5, 5.41) is 0. The average Bonchev–Trinajstić information content (AvgIpc) is 2.14. The van der Waals surface area contributed by atoms with E-state index >= 15 is 0 Å². The van der Waals surface area contributed by atoms with Crippen molar-refractivity contribution in [2.75, 3.05) is 6.35 Å². The maximum Gasteiger partial charge on any atom is 0.362 e. The minimum Gasteiger partial charge on any atom is -0.481 e. The molecular weight excluding hydrogens is 227 g/mol. The van der Waals surface area contributed by atoms with Crippen LogP contribution in [0.2, 0.25) is 0 Å². The van der Waals surface area contributed by atoms with Crippen LogP contribution < -0.4 is 4.74 Å². The van der Waals surface area contributed by atoms with Gasteiger partial charge in [0, 0.05) is 5.56 Å². The lowest BCUT2D eigenvalue weighted by Crippen LogP contribution is -1.99. The number of benzene rings is 1. The van der Waals surface area contributed by atoms with Gasteiger partial charge < -0.3 is 14.5 Å². The van der Waals surface area contributed by atoms with Crippen LogP contribution in [0, 0.1) is 0 Å². The van der Waals surface area contributed by atoms with Gasteiger partial charge in [-0.15, -0.1) is 11.6 Å². The molecule has 0 fully saturated rings. The maximum atomic E-state index is 10.5. The quantitative estimate of drug-likeness (QED) is 0.619. The number of hydrogen-bond donors (Lipinski definition) is 2. The van der Waals surface area contributed by atoms with Crippen LogP contribution in [0.1, 0.15) is 5.56 Å². The monoisotopic (exact) mass is 236 g/mol. The first-order chi connectivity index (χ1) is 6.53. The molecule has 1 rings (SSSR count). The van der Waals surface area contributed by atoms with Crippen molar-refractivity contribution in [1.82, 2.24) is 0 Å². The second-order valence-electron chi connectivity index (χ2n) is 2.68. The molecule has 14 heavy (non-hydrogen) atoms. The van der Waals surface area contributed by atoms with E-state index in [9.17, 15) is 4.57 Å². The molecule has 1 aromatic carbocycles. The van der Waals surface area contributed by atoms with E-state index in [1.807, 2.05) is 0 Å². The number of para-hydroxylation sites is 1. The fourth-order valence-corrected chi connectivity index (χ4v) is 1.44. The minimum absolute atomic E-state index is 0.247. The van der Waals surface area contributed by atoms with Crippen molar-refractivity contribution < 1.29 is 19.1 Å². The first kappa shape index (κ1) is 11.5. The lowest BCUT2D eigenvalue weighted by molar-refractivity contribution is 0.299. The van der Waals surface area contributed by atoms with E-state index in [0.717, 1.165) is 0 Å². The molecule has 0 bridgehead atoms. The Hall–Kier alpha value is -0.540. The van der Waals surface area contributed by atoms with Crippen molar-refractivity contribution in [2.24, 2.45) is 0 Å². The average molecular weight is 237 g/mol. The first-order valence-electron chi connectivity index (χ1n) is 3.84. The van der Waals surface area contributed by atoms with E-state index in [1.54, 1.807) is 24.3 Å². The number of hydrogen-bond acceptors (Lipinski definition) is 2. The van der Waals surface area contributed by atoms with Gasteiger partial charge in [-0.2, -0.15) is 0 Å². The Labute approximate surface area is 86.6 Å². The molecule has 2 N–H and O–H groups in total. The Balaban J connectivity index is 2.71. The highest BCUT2D eigenvalue weighted by atomic mass is 35.5. The zero-order chi connectivity index (χ0) is 10.6. The maximum absolute atomic E-state index is 10.5. The van der Waals surface area contributed by atoms with Crippen LogP contribution in [0.5, 0.6) is 5.75 Å². The summed E-state index contributed by atoms with van der Waals surface area (Å²) in [7, 11) is -4.13. The smallest absolute Gasteiger partial charge is 0.362 e. The number of ether oxygens (including phenoxy) is 1. The minimum atomic E-state index is -4.13. The Morgan fingerprint density at radius 2 is 2.00 bits per heavy atom. The topological polar surface area (TPSA) is 66.8 Å². The highest BCUT2D eigenvalue weighted by molar-refractivity contribution is 7.51. The van der Waals surface area contributed by atoms with Gasteiger partial charge in [-0.25, -0.2) is 0 Å². The molecule has 1 aromatic rings. The lowest BCUT2D eigenvalue weighted by Gasteiger charge is -2.09. The van der Waals surface area contributed by atoms with Gasteiger partial charge in [0.15, 0.2) is 6.35 Å². The largest absolute Gasteiger partial charge is 0.481 e. The zero-order valence-electron chi connectivity index (χ0n) is 7.26. The first-order valence-corrected chi connectivity index (χ1v) is 6.17. The third-order valence-corrected chi connectivity index (χ3v) is 2.26. The van der Waals surface area contributed by atoms with Gasteiger partial charge in [0.05, 0.1) is 5.88 Å². The van der Waals surface area contributed by atoms with E-state index in [0.29, 0.717) is 11.3 Å². The summed E-state index contributed by atoms with van der Waals surface area (Å²) in [5.41, 5.74) is 0.711. The van der Waals surface area contributed by atoms with Crippen molar-refractivity contribution in [2.45, 2.75) is 5.88 Å². The van der Waals surface area contributed by atoms with Gasteiger partial charge in [-0.1, -0.05) is 18.2 Å². The van der Waals surface area contributed by atoms with Crippen LogP contribution in [-0.4, -0.2) is 16.1 Å². The van der Waals surface area contributed by atoms with Crippen LogP contribution in [-0.2, 0) is 10.4 Å². The zero-order valence-corrected chi connectivity index (χ0v) is 8.91. The van der Waals surface area contributed by atoms with Gasteiger partial charge in [0.25, 0.3) is 0 Å². The molecule has 0 saturated carbocycles. The molecule has 0 heterocycles. The third kappa shape index (κ3) is 3.68. The van der Waals surface area contributed by atoms with Crippen LogP contribution in [0.4, 0.5) is 0 Å². The molecule has 6 heteroatoms. The van der Waals surface area contributed by atoms with Crippen molar-refractivity contribution in [1.29, 1.82) is 0 Å². The predicted molar refractivity (Wildman–Crippen MR) is 53.5 cm³/mol. The fraction of sp³-hybridized carbons (Fsp3) is 0.250. The van der Waals surface area contributed by atoms with Crippen LogP contribution in [0.25, 0.3) is 0 Å². The van der Waals surface area contributed by atoms with Gasteiger partial charge >= 0.3 is 7.60 Å².